The molecule has 0 saturated carbocycles. The van der Waals surface area contributed by atoms with Crippen molar-refractivity contribution < 1.29 is 30.6 Å². The summed E-state index contributed by atoms with van der Waals surface area (Å²) >= 11 is 0. The molecule has 0 amide bonds. The van der Waals surface area contributed by atoms with Gasteiger partial charge in [0.15, 0.2) is 0 Å². The lowest BCUT2D eigenvalue weighted by atomic mass is 9.96. The molecule has 6 N–H and O–H groups in total. The predicted octanol–water partition coefficient (Wildman–Crippen LogP) is -1.58. The molecule has 0 heterocycles. The molecule has 114 valence electrons. The van der Waals surface area contributed by atoms with Crippen molar-refractivity contribution in [3.63, 3.8) is 0 Å². The number of rotatable bonds is 8. The zero-order valence-corrected chi connectivity index (χ0v) is 11.1. The molecule has 0 fully saturated rings. The van der Waals surface area contributed by atoms with Crippen LogP contribution in [0, 0.1) is 0 Å². The third-order valence-electron chi connectivity index (χ3n) is 3.25. The Morgan fingerprint density at radius 3 is 1.85 bits per heavy atom. The molecule has 1 aromatic rings. The van der Waals surface area contributed by atoms with Crippen molar-refractivity contribution in [3.05, 3.63) is 35.9 Å². The molecule has 6 heteroatoms. The van der Waals surface area contributed by atoms with Crippen molar-refractivity contribution >= 4 is 0 Å². The fraction of sp³-hybridized carbons (Fsp3) is 0.571. The van der Waals surface area contributed by atoms with Crippen molar-refractivity contribution in [2.45, 2.75) is 43.4 Å². The van der Waals surface area contributed by atoms with Gasteiger partial charge in [-0.15, -0.1) is 0 Å². The Hall–Kier alpha value is -1.02. The van der Waals surface area contributed by atoms with Crippen molar-refractivity contribution in [1.29, 1.82) is 0 Å². The number of benzene rings is 1. The Balaban J connectivity index is 2.47. The van der Waals surface area contributed by atoms with Crippen LogP contribution in [0.3, 0.4) is 0 Å². The fourth-order valence-corrected chi connectivity index (χ4v) is 1.90. The first-order valence-electron chi connectivity index (χ1n) is 6.52. The Bertz CT molecular complexity index is 371. The van der Waals surface area contributed by atoms with E-state index in [1.54, 1.807) is 0 Å². The number of hydrogen-bond donors (Lipinski definition) is 6. The molecule has 1 unspecified atom stereocenters. The fourth-order valence-electron chi connectivity index (χ4n) is 1.90. The summed E-state index contributed by atoms with van der Waals surface area (Å²) in [5.74, 6) is 0. The monoisotopic (exact) mass is 286 g/mol. The topological polar surface area (TPSA) is 121 Å². The second-order valence-corrected chi connectivity index (χ2v) is 4.81. The van der Waals surface area contributed by atoms with Gasteiger partial charge in [0.1, 0.15) is 24.4 Å². The van der Waals surface area contributed by atoms with Crippen molar-refractivity contribution in [2.75, 3.05) is 6.61 Å². The van der Waals surface area contributed by atoms with Gasteiger partial charge >= 0.3 is 0 Å². The summed E-state index contributed by atoms with van der Waals surface area (Å²) in [6.07, 6.45) is -7.17. The smallest absolute Gasteiger partial charge is 0.111 e. The molecule has 6 nitrogen and oxygen atoms in total. The third-order valence-corrected chi connectivity index (χ3v) is 3.25. The van der Waals surface area contributed by atoms with E-state index < -0.39 is 37.1 Å². The summed E-state index contributed by atoms with van der Waals surface area (Å²) in [5.41, 5.74) is 0.976. The normalized spacial score (nSPS) is 19.1. The van der Waals surface area contributed by atoms with Gasteiger partial charge < -0.3 is 30.6 Å². The van der Waals surface area contributed by atoms with Gasteiger partial charge in [-0.1, -0.05) is 30.3 Å². The van der Waals surface area contributed by atoms with Crippen LogP contribution < -0.4 is 0 Å². The van der Waals surface area contributed by atoms with Crippen LogP contribution >= 0.6 is 0 Å². The Kier molecular flexibility index (Phi) is 7.08. The number of aliphatic hydroxyl groups is 6. The summed E-state index contributed by atoms with van der Waals surface area (Å²) in [7, 11) is 0. The van der Waals surface area contributed by atoms with Crippen LogP contribution in [0.2, 0.25) is 0 Å². The highest BCUT2D eigenvalue weighted by molar-refractivity contribution is 5.14. The van der Waals surface area contributed by atoms with E-state index in [9.17, 15) is 25.5 Å². The van der Waals surface area contributed by atoms with Gasteiger partial charge in [-0.3, -0.25) is 0 Å². The Morgan fingerprint density at radius 2 is 1.30 bits per heavy atom. The van der Waals surface area contributed by atoms with E-state index in [1.165, 1.54) is 0 Å². The highest BCUT2D eigenvalue weighted by atomic mass is 16.4. The maximum atomic E-state index is 9.79. The molecule has 0 radical (unpaired) electrons. The van der Waals surface area contributed by atoms with Crippen LogP contribution in [0.15, 0.2) is 30.3 Å². The summed E-state index contributed by atoms with van der Waals surface area (Å²) in [5, 5.41) is 56.4. The predicted molar refractivity (Wildman–Crippen MR) is 71.9 cm³/mol. The zero-order valence-electron chi connectivity index (χ0n) is 11.1. The van der Waals surface area contributed by atoms with Gasteiger partial charge in [-0.05, 0) is 18.4 Å². The highest BCUT2D eigenvalue weighted by Crippen LogP contribution is 2.13. The molecule has 20 heavy (non-hydrogen) atoms. The molecule has 5 atom stereocenters. The van der Waals surface area contributed by atoms with E-state index in [0.29, 0.717) is 6.42 Å². The average Bonchev–Trinajstić information content (AvgIpc) is 2.50. The quantitative estimate of drug-likeness (QED) is 0.343. The largest absolute Gasteiger partial charge is 0.394 e. The Morgan fingerprint density at radius 1 is 0.750 bits per heavy atom. The number of aryl methyl sites for hydroxylation is 1. The molecule has 1 aromatic carbocycles. The minimum absolute atomic E-state index is 0.199. The molecular weight excluding hydrogens is 264 g/mol. The Labute approximate surface area is 117 Å². The van der Waals surface area contributed by atoms with Crippen molar-refractivity contribution in [1.82, 2.24) is 0 Å². The van der Waals surface area contributed by atoms with Crippen LogP contribution in [-0.2, 0) is 6.42 Å². The lowest BCUT2D eigenvalue weighted by molar-refractivity contribution is -0.140. The van der Waals surface area contributed by atoms with Crippen molar-refractivity contribution in [3.8, 4) is 0 Å². The van der Waals surface area contributed by atoms with Crippen LogP contribution in [0.5, 0.6) is 0 Å². The number of aliphatic hydroxyl groups excluding tert-OH is 6. The van der Waals surface area contributed by atoms with Gasteiger partial charge in [0.2, 0.25) is 0 Å². The maximum Gasteiger partial charge on any atom is 0.111 e. The van der Waals surface area contributed by atoms with Crippen LogP contribution in [0.4, 0.5) is 0 Å². The SMILES string of the molecule is OC[C@@H](O)[C@@H](O)[C@H](O)[C@@H](O)C(O)CCc1ccccc1. The molecule has 0 spiro atoms. The summed E-state index contributed by atoms with van der Waals surface area (Å²) in [6.45, 7) is -0.745. The minimum atomic E-state index is -1.73. The second kappa shape index (κ2) is 8.31. The summed E-state index contributed by atoms with van der Waals surface area (Å²) < 4.78 is 0. The van der Waals surface area contributed by atoms with Gasteiger partial charge in [0, 0.05) is 0 Å². The zero-order chi connectivity index (χ0) is 15.1. The first-order valence-corrected chi connectivity index (χ1v) is 6.52. The molecule has 0 saturated heterocycles. The molecule has 0 aliphatic rings. The summed E-state index contributed by atoms with van der Waals surface area (Å²) in [6, 6.07) is 9.33. The van der Waals surface area contributed by atoms with E-state index in [2.05, 4.69) is 0 Å². The van der Waals surface area contributed by atoms with Crippen LogP contribution in [0.1, 0.15) is 12.0 Å². The van der Waals surface area contributed by atoms with Crippen LogP contribution in [-0.4, -0.2) is 67.8 Å². The molecule has 0 aromatic heterocycles. The first kappa shape index (κ1) is 17.0. The first-order chi connectivity index (χ1) is 9.47. The standard InChI is InChI=1S/C14H22O6/c15-8-11(17)13(19)14(20)12(18)10(16)7-6-9-4-2-1-3-5-9/h1-5,10-20H,6-8H2/t10?,11-,12+,13-,14-/m1/s1. The third kappa shape index (κ3) is 4.82. The van der Waals surface area contributed by atoms with Crippen LogP contribution in [0.25, 0.3) is 0 Å². The van der Waals surface area contributed by atoms with E-state index >= 15 is 0 Å². The molecular formula is C14H22O6. The van der Waals surface area contributed by atoms with Gasteiger partial charge in [-0.25, -0.2) is 0 Å². The maximum absolute atomic E-state index is 9.79. The van der Waals surface area contributed by atoms with Crippen molar-refractivity contribution in [2.24, 2.45) is 0 Å². The van der Waals surface area contributed by atoms with Gasteiger partial charge in [0.05, 0.1) is 12.7 Å². The van der Waals surface area contributed by atoms with E-state index in [4.69, 9.17) is 5.11 Å². The highest BCUT2D eigenvalue weighted by Gasteiger charge is 2.33. The number of hydrogen-bond acceptors (Lipinski definition) is 6. The van der Waals surface area contributed by atoms with E-state index in [1.807, 2.05) is 30.3 Å². The lowest BCUT2D eigenvalue weighted by Crippen LogP contribution is -2.50. The minimum Gasteiger partial charge on any atom is -0.394 e. The lowest BCUT2D eigenvalue weighted by Gasteiger charge is -2.28. The van der Waals surface area contributed by atoms with Gasteiger partial charge in [0.25, 0.3) is 0 Å². The molecule has 1 rings (SSSR count). The summed E-state index contributed by atoms with van der Waals surface area (Å²) in [4.78, 5) is 0. The average molecular weight is 286 g/mol. The molecule has 0 aliphatic heterocycles. The second-order valence-electron chi connectivity index (χ2n) is 4.81. The molecule has 0 bridgehead atoms. The van der Waals surface area contributed by atoms with E-state index in [-0.39, 0.29) is 6.42 Å². The van der Waals surface area contributed by atoms with Gasteiger partial charge in [-0.2, -0.15) is 0 Å². The van der Waals surface area contributed by atoms with E-state index in [0.717, 1.165) is 5.56 Å². The molecule has 0 aliphatic carbocycles.